The van der Waals surface area contributed by atoms with Crippen LogP contribution in [0.5, 0.6) is 0 Å². The van der Waals surface area contributed by atoms with E-state index in [-0.39, 0.29) is 23.7 Å². The molecule has 1 heterocycles. The van der Waals surface area contributed by atoms with Crippen LogP contribution < -0.4 is 5.32 Å². The molecule has 2 unspecified atom stereocenters. The number of hydrogen-bond acceptors (Lipinski definition) is 4. The molecule has 2 atom stereocenters. The van der Waals surface area contributed by atoms with Gasteiger partial charge in [-0.1, -0.05) is 19.8 Å². The largest absolute Gasteiger partial charge is 0.353 e. The lowest BCUT2D eigenvalue weighted by molar-refractivity contribution is -0.175. The van der Waals surface area contributed by atoms with Crippen LogP contribution in [0.15, 0.2) is 0 Å². The highest BCUT2D eigenvalue weighted by molar-refractivity contribution is 7.98. The van der Waals surface area contributed by atoms with Gasteiger partial charge in [0.25, 0.3) is 0 Å². The van der Waals surface area contributed by atoms with Crippen molar-refractivity contribution in [2.45, 2.75) is 57.3 Å². The Labute approximate surface area is 126 Å². The fourth-order valence-corrected chi connectivity index (χ4v) is 3.61. The SMILES string of the molecule is CSCC(C)C(=O)NCC1COC2(CCCCCC2)O1. The van der Waals surface area contributed by atoms with Crippen molar-refractivity contribution < 1.29 is 14.3 Å². The summed E-state index contributed by atoms with van der Waals surface area (Å²) >= 11 is 1.70. The summed E-state index contributed by atoms with van der Waals surface area (Å²) in [6.45, 7) is 3.14. The van der Waals surface area contributed by atoms with Crippen LogP contribution in [0.2, 0.25) is 0 Å². The summed E-state index contributed by atoms with van der Waals surface area (Å²) in [7, 11) is 0. The summed E-state index contributed by atoms with van der Waals surface area (Å²) in [6.07, 6.45) is 8.96. The zero-order valence-corrected chi connectivity index (χ0v) is 13.5. The number of rotatable bonds is 5. The number of carbonyl (C=O) groups excluding carboxylic acids is 1. The van der Waals surface area contributed by atoms with E-state index in [1.807, 2.05) is 13.2 Å². The van der Waals surface area contributed by atoms with E-state index < -0.39 is 0 Å². The summed E-state index contributed by atoms with van der Waals surface area (Å²) < 4.78 is 12.1. The lowest BCUT2D eigenvalue weighted by Crippen LogP contribution is -2.38. The Morgan fingerprint density at radius 3 is 2.70 bits per heavy atom. The van der Waals surface area contributed by atoms with Gasteiger partial charge in [0, 0.05) is 31.1 Å². The highest BCUT2D eigenvalue weighted by Gasteiger charge is 2.41. The number of carbonyl (C=O) groups is 1. The molecule has 1 aliphatic carbocycles. The molecule has 1 amide bonds. The number of ether oxygens (including phenoxy) is 2. The molecule has 20 heavy (non-hydrogen) atoms. The second kappa shape index (κ2) is 7.66. The summed E-state index contributed by atoms with van der Waals surface area (Å²) in [5.41, 5.74) is 0. The summed E-state index contributed by atoms with van der Waals surface area (Å²) in [6, 6.07) is 0. The van der Waals surface area contributed by atoms with Gasteiger partial charge in [-0.25, -0.2) is 0 Å². The van der Waals surface area contributed by atoms with E-state index in [0.717, 1.165) is 18.6 Å². The molecule has 0 aromatic rings. The molecule has 1 spiro atoms. The zero-order valence-electron chi connectivity index (χ0n) is 12.7. The van der Waals surface area contributed by atoms with Crippen LogP contribution in [-0.4, -0.2) is 43.0 Å². The Kier molecular flexibility index (Phi) is 6.18. The summed E-state index contributed by atoms with van der Waals surface area (Å²) in [5, 5.41) is 2.99. The average Bonchev–Trinajstić information content (AvgIpc) is 2.68. The Bertz CT molecular complexity index is 316. The molecule has 1 aliphatic heterocycles. The molecule has 0 radical (unpaired) electrons. The van der Waals surface area contributed by atoms with Crippen molar-refractivity contribution in [1.82, 2.24) is 5.32 Å². The Morgan fingerprint density at radius 2 is 2.05 bits per heavy atom. The van der Waals surface area contributed by atoms with Crippen LogP contribution in [-0.2, 0) is 14.3 Å². The third-order valence-corrected chi connectivity index (χ3v) is 4.98. The second-order valence-electron chi connectivity index (χ2n) is 5.98. The number of hydrogen-bond donors (Lipinski definition) is 1. The van der Waals surface area contributed by atoms with Crippen LogP contribution in [0.25, 0.3) is 0 Å². The maximum atomic E-state index is 11.9. The highest BCUT2D eigenvalue weighted by atomic mass is 32.2. The second-order valence-corrected chi connectivity index (χ2v) is 6.89. The molecule has 1 saturated carbocycles. The van der Waals surface area contributed by atoms with Gasteiger partial charge in [0.15, 0.2) is 5.79 Å². The van der Waals surface area contributed by atoms with Crippen LogP contribution in [0.4, 0.5) is 0 Å². The van der Waals surface area contributed by atoms with Crippen LogP contribution in [0.1, 0.15) is 45.4 Å². The molecule has 4 nitrogen and oxygen atoms in total. The van der Waals surface area contributed by atoms with Gasteiger partial charge in [-0.2, -0.15) is 11.8 Å². The number of thioether (sulfide) groups is 1. The Hall–Kier alpha value is -0.260. The average molecular weight is 301 g/mol. The van der Waals surface area contributed by atoms with Gasteiger partial charge in [-0.15, -0.1) is 0 Å². The highest BCUT2D eigenvalue weighted by Crippen LogP contribution is 2.36. The Balaban J connectivity index is 1.74. The standard InChI is InChI=1S/C15H27NO3S/c1-12(11-20-2)14(17)16-9-13-10-18-15(19-13)7-5-3-4-6-8-15/h12-13H,3-11H2,1-2H3,(H,16,17). The molecule has 0 aromatic carbocycles. The van der Waals surface area contributed by atoms with Gasteiger partial charge < -0.3 is 14.8 Å². The van der Waals surface area contributed by atoms with E-state index >= 15 is 0 Å². The lowest BCUT2D eigenvalue weighted by atomic mass is 10.1. The molecular weight excluding hydrogens is 274 g/mol. The number of nitrogens with one attached hydrogen (secondary N) is 1. The third kappa shape index (κ3) is 4.37. The molecule has 2 rings (SSSR count). The first-order chi connectivity index (χ1) is 9.65. The van der Waals surface area contributed by atoms with Crippen molar-refractivity contribution in [3.05, 3.63) is 0 Å². The van der Waals surface area contributed by atoms with E-state index in [1.165, 1.54) is 25.7 Å². The van der Waals surface area contributed by atoms with Gasteiger partial charge in [0.2, 0.25) is 5.91 Å². The predicted octanol–water partition coefficient (Wildman–Crippen LogP) is 2.57. The minimum atomic E-state index is -0.350. The fourth-order valence-electron chi connectivity index (χ4n) is 2.96. The van der Waals surface area contributed by atoms with Gasteiger partial charge in [0.05, 0.1) is 6.61 Å². The maximum Gasteiger partial charge on any atom is 0.223 e. The predicted molar refractivity (Wildman–Crippen MR) is 81.8 cm³/mol. The van der Waals surface area contributed by atoms with E-state index in [2.05, 4.69) is 5.32 Å². The van der Waals surface area contributed by atoms with E-state index in [1.54, 1.807) is 11.8 Å². The first-order valence-electron chi connectivity index (χ1n) is 7.74. The lowest BCUT2D eigenvalue weighted by Gasteiger charge is -2.26. The van der Waals surface area contributed by atoms with Gasteiger partial charge >= 0.3 is 0 Å². The molecule has 0 aromatic heterocycles. The minimum Gasteiger partial charge on any atom is -0.353 e. The van der Waals surface area contributed by atoms with Crippen molar-refractivity contribution in [1.29, 1.82) is 0 Å². The normalized spacial score (nSPS) is 27.2. The van der Waals surface area contributed by atoms with Crippen molar-refractivity contribution >= 4 is 17.7 Å². The third-order valence-electron chi connectivity index (χ3n) is 4.15. The topological polar surface area (TPSA) is 47.6 Å². The van der Waals surface area contributed by atoms with Crippen molar-refractivity contribution in [3.63, 3.8) is 0 Å². The molecular formula is C15H27NO3S. The van der Waals surface area contributed by atoms with E-state index in [0.29, 0.717) is 13.2 Å². The maximum absolute atomic E-state index is 11.9. The first-order valence-corrected chi connectivity index (χ1v) is 9.13. The van der Waals surface area contributed by atoms with Crippen molar-refractivity contribution in [2.24, 2.45) is 5.92 Å². The number of amides is 1. The molecule has 1 saturated heterocycles. The molecule has 0 bridgehead atoms. The molecule has 5 heteroatoms. The van der Waals surface area contributed by atoms with E-state index in [4.69, 9.17) is 9.47 Å². The van der Waals surface area contributed by atoms with Crippen molar-refractivity contribution in [3.8, 4) is 0 Å². The van der Waals surface area contributed by atoms with Crippen LogP contribution >= 0.6 is 11.8 Å². The fraction of sp³-hybridized carbons (Fsp3) is 0.933. The van der Waals surface area contributed by atoms with Gasteiger partial charge in [0.1, 0.15) is 6.10 Å². The van der Waals surface area contributed by atoms with Crippen molar-refractivity contribution in [2.75, 3.05) is 25.2 Å². The molecule has 2 fully saturated rings. The monoisotopic (exact) mass is 301 g/mol. The summed E-state index contributed by atoms with van der Waals surface area (Å²) in [5.74, 6) is 0.679. The smallest absolute Gasteiger partial charge is 0.223 e. The van der Waals surface area contributed by atoms with Crippen LogP contribution in [0.3, 0.4) is 0 Å². The molecule has 116 valence electrons. The first kappa shape index (κ1) is 16.1. The quantitative estimate of drug-likeness (QED) is 0.848. The minimum absolute atomic E-state index is 0.0125. The molecule has 2 aliphatic rings. The van der Waals surface area contributed by atoms with Gasteiger partial charge in [-0.05, 0) is 19.1 Å². The van der Waals surface area contributed by atoms with E-state index in [9.17, 15) is 4.79 Å². The molecule has 1 N–H and O–H groups in total. The summed E-state index contributed by atoms with van der Waals surface area (Å²) in [4.78, 5) is 11.9. The zero-order chi connectivity index (χ0) is 14.4. The van der Waals surface area contributed by atoms with Gasteiger partial charge in [-0.3, -0.25) is 4.79 Å². The Morgan fingerprint density at radius 1 is 1.35 bits per heavy atom. The van der Waals surface area contributed by atoms with Crippen LogP contribution in [0, 0.1) is 5.92 Å².